The van der Waals surface area contributed by atoms with Crippen molar-refractivity contribution in [1.29, 1.82) is 0 Å². The number of aliphatic hydroxyl groups excluding tert-OH is 1. The Bertz CT molecular complexity index is 464. The van der Waals surface area contributed by atoms with Crippen molar-refractivity contribution in [3.05, 3.63) is 23.5 Å². The van der Waals surface area contributed by atoms with Crippen molar-refractivity contribution in [2.45, 2.75) is 30.8 Å². The highest BCUT2D eigenvalue weighted by molar-refractivity contribution is 7.89. The molecule has 0 bridgehead atoms. The molecular formula is C10H15ClN2O3S. The van der Waals surface area contributed by atoms with Crippen molar-refractivity contribution >= 4 is 21.6 Å². The molecule has 0 aliphatic carbocycles. The van der Waals surface area contributed by atoms with Gasteiger partial charge in [-0.3, -0.25) is 0 Å². The van der Waals surface area contributed by atoms with E-state index in [2.05, 4.69) is 9.71 Å². The molecular weight excluding hydrogens is 264 g/mol. The smallest absolute Gasteiger partial charge is 0.240 e. The van der Waals surface area contributed by atoms with Crippen LogP contribution in [0.2, 0.25) is 5.15 Å². The fourth-order valence-electron chi connectivity index (χ4n) is 1.20. The molecule has 0 saturated carbocycles. The number of sulfonamides is 1. The van der Waals surface area contributed by atoms with Crippen LogP contribution in [-0.4, -0.2) is 31.2 Å². The summed E-state index contributed by atoms with van der Waals surface area (Å²) in [5.74, 6) is 0. The van der Waals surface area contributed by atoms with Crippen LogP contribution in [0.15, 0.2) is 23.2 Å². The van der Waals surface area contributed by atoms with E-state index in [1.165, 1.54) is 18.3 Å². The summed E-state index contributed by atoms with van der Waals surface area (Å²) in [6.45, 7) is 2.03. The van der Waals surface area contributed by atoms with E-state index in [9.17, 15) is 13.5 Å². The predicted molar refractivity (Wildman–Crippen MR) is 65.4 cm³/mol. The van der Waals surface area contributed by atoms with Crippen molar-refractivity contribution < 1.29 is 13.5 Å². The highest BCUT2D eigenvalue weighted by atomic mass is 35.5. The number of hydrogen-bond acceptors (Lipinski definition) is 4. The van der Waals surface area contributed by atoms with Gasteiger partial charge in [0, 0.05) is 12.7 Å². The van der Waals surface area contributed by atoms with Crippen molar-refractivity contribution in [3.63, 3.8) is 0 Å². The maximum atomic E-state index is 11.8. The third-order valence-electron chi connectivity index (χ3n) is 2.25. The van der Waals surface area contributed by atoms with Gasteiger partial charge in [-0.25, -0.2) is 18.1 Å². The van der Waals surface area contributed by atoms with Gasteiger partial charge in [0.15, 0.2) is 0 Å². The van der Waals surface area contributed by atoms with Crippen LogP contribution >= 0.6 is 11.6 Å². The third-order valence-corrected chi connectivity index (χ3v) is 3.91. The molecule has 0 amide bonds. The first-order valence-electron chi connectivity index (χ1n) is 5.25. The third kappa shape index (κ3) is 4.59. The molecule has 0 aromatic carbocycles. The van der Waals surface area contributed by atoms with Crippen molar-refractivity contribution in [2.75, 3.05) is 6.54 Å². The molecule has 0 aliphatic heterocycles. The van der Waals surface area contributed by atoms with Crippen molar-refractivity contribution in [2.24, 2.45) is 0 Å². The molecule has 2 N–H and O–H groups in total. The first-order valence-corrected chi connectivity index (χ1v) is 7.11. The fraction of sp³-hybridized carbons (Fsp3) is 0.500. The molecule has 96 valence electrons. The molecule has 0 spiro atoms. The predicted octanol–water partition coefficient (Wildman–Crippen LogP) is 1.17. The van der Waals surface area contributed by atoms with Crippen LogP contribution < -0.4 is 4.72 Å². The summed E-state index contributed by atoms with van der Waals surface area (Å²) < 4.78 is 25.9. The number of nitrogens with one attached hydrogen (secondary N) is 1. The Hall–Kier alpha value is -0.690. The highest BCUT2D eigenvalue weighted by Gasteiger charge is 2.14. The average molecular weight is 279 g/mol. The molecule has 0 radical (unpaired) electrons. The lowest BCUT2D eigenvalue weighted by molar-refractivity contribution is 0.162. The zero-order chi connectivity index (χ0) is 12.9. The molecule has 1 unspecified atom stereocenters. The largest absolute Gasteiger partial charge is 0.393 e. The topological polar surface area (TPSA) is 79.3 Å². The van der Waals surface area contributed by atoms with Crippen LogP contribution in [0.3, 0.4) is 0 Å². The molecule has 1 heterocycles. The Kier molecular flexibility index (Phi) is 5.32. The normalized spacial score (nSPS) is 13.6. The molecule has 17 heavy (non-hydrogen) atoms. The molecule has 1 rings (SSSR count). The van der Waals surface area contributed by atoms with E-state index in [4.69, 9.17) is 11.6 Å². The number of hydrogen-bond donors (Lipinski definition) is 2. The Morgan fingerprint density at radius 2 is 2.29 bits per heavy atom. The summed E-state index contributed by atoms with van der Waals surface area (Å²) in [4.78, 5) is 3.78. The maximum absolute atomic E-state index is 11.8. The van der Waals surface area contributed by atoms with Gasteiger partial charge in [0.1, 0.15) is 5.15 Å². The molecule has 1 aromatic heterocycles. The Labute approximate surface area is 106 Å². The summed E-state index contributed by atoms with van der Waals surface area (Å²) in [6.07, 6.45) is 1.83. The quantitative estimate of drug-likeness (QED) is 0.766. The minimum absolute atomic E-state index is 0.0727. The van der Waals surface area contributed by atoms with Gasteiger partial charge in [-0.15, -0.1) is 0 Å². The SMILES string of the molecule is CCC(O)CCNS(=O)(=O)c1ccnc(Cl)c1. The Balaban J connectivity index is 2.63. The lowest BCUT2D eigenvalue weighted by Crippen LogP contribution is -2.27. The Morgan fingerprint density at radius 3 is 2.88 bits per heavy atom. The second-order valence-corrected chi connectivity index (χ2v) is 5.72. The minimum Gasteiger partial charge on any atom is -0.393 e. The lowest BCUT2D eigenvalue weighted by atomic mass is 10.2. The van der Waals surface area contributed by atoms with Crippen LogP contribution in [0.25, 0.3) is 0 Å². The number of pyridine rings is 1. The Morgan fingerprint density at radius 1 is 1.59 bits per heavy atom. The number of halogens is 1. The minimum atomic E-state index is -3.57. The van der Waals surface area contributed by atoms with Gasteiger partial charge in [-0.05, 0) is 25.0 Å². The number of nitrogens with zero attached hydrogens (tertiary/aromatic N) is 1. The van der Waals surface area contributed by atoms with E-state index in [1.54, 1.807) is 0 Å². The van der Waals surface area contributed by atoms with E-state index in [-0.39, 0.29) is 16.6 Å². The van der Waals surface area contributed by atoms with E-state index in [1.807, 2.05) is 6.92 Å². The second kappa shape index (κ2) is 6.30. The number of aromatic nitrogens is 1. The molecule has 0 fully saturated rings. The first kappa shape index (κ1) is 14.4. The van der Waals surface area contributed by atoms with Crippen LogP contribution in [0.1, 0.15) is 19.8 Å². The molecule has 0 aliphatic rings. The maximum Gasteiger partial charge on any atom is 0.240 e. The molecule has 1 aromatic rings. The van der Waals surface area contributed by atoms with Crippen LogP contribution in [0, 0.1) is 0 Å². The number of rotatable bonds is 6. The van der Waals surface area contributed by atoms with Gasteiger partial charge in [-0.2, -0.15) is 0 Å². The molecule has 7 heteroatoms. The monoisotopic (exact) mass is 278 g/mol. The van der Waals surface area contributed by atoms with Gasteiger partial charge >= 0.3 is 0 Å². The van der Waals surface area contributed by atoms with E-state index >= 15 is 0 Å². The first-order chi connectivity index (χ1) is 7.95. The lowest BCUT2D eigenvalue weighted by Gasteiger charge is -2.09. The summed E-state index contributed by atoms with van der Waals surface area (Å²) in [5, 5.41) is 9.43. The second-order valence-electron chi connectivity index (χ2n) is 3.56. The fourth-order valence-corrected chi connectivity index (χ4v) is 2.50. The van der Waals surface area contributed by atoms with E-state index < -0.39 is 16.1 Å². The van der Waals surface area contributed by atoms with Crippen LogP contribution in [0.5, 0.6) is 0 Å². The van der Waals surface area contributed by atoms with Crippen LogP contribution in [-0.2, 0) is 10.0 Å². The summed E-state index contributed by atoms with van der Waals surface area (Å²) >= 11 is 5.61. The zero-order valence-corrected chi connectivity index (χ0v) is 11.0. The van der Waals surface area contributed by atoms with E-state index in [0.717, 1.165) is 0 Å². The zero-order valence-electron chi connectivity index (χ0n) is 9.43. The number of aliphatic hydroxyl groups is 1. The van der Waals surface area contributed by atoms with Gasteiger partial charge < -0.3 is 5.11 Å². The van der Waals surface area contributed by atoms with Gasteiger partial charge in [-0.1, -0.05) is 18.5 Å². The summed E-state index contributed by atoms with van der Waals surface area (Å²) in [5.41, 5.74) is 0. The summed E-state index contributed by atoms with van der Waals surface area (Å²) in [6, 6.07) is 2.64. The highest BCUT2D eigenvalue weighted by Crippen LogP contribution is 2.12. The van der Waals surface area contributed by atoms with Crippen LogP contribution in [0.4, 0.5) is 0 Å². The van der Waals surface area contributed by atoms with Gasteiger partial charge in [0.05, 0.1) is 11.0 Å². The van der Waals surface area contributed by atoms with Crippen molar-refractivity contribution in [3.8, 4) is 0 Å². The average Bonchev–Trinajstić information content (AvgIpc) is 2.28. The van der Waals surface area contributed by atoms with Gasteiger partial charge in [0.25, 0.3) is 0 Å². The molecule has 5 nitrogen and oxygen atoms in total. The molecule has 0 saturated heterocycles. The van der Waals surface area contributed by atoms with E-state index in [0.29, 0.717) is 12.8 Å². The summed E-state index contributed by atoms with van der Waals surface area (Å²) in [7, 11) is -3.57. The molecule has 1 atom stereocenters. The van der Waals surface area contributed by atoms with Crippen molar-refractivity contribution in [1.82, 2.24) is 9.71 Å². The van der Waals surface area contributed by atoms with Gasteiger partial charge in [0.2, 0.25) is 10.0 Å². The standard InChI is InChI=1S/C10H15ClN2O3S/c1-2-8(14)3-6-13-17(15,16)9-4-5-12-10(11)7-9/h4-5,7-8,13-14H,2-3,6H2,1H3.